The zero-order valence-corrected chi connectivity index (χ0v) is 11.8. The Labute approximate surface area is 113 Å². The second-order valence-corrected chi connectivity index (χ2v) is 6.83. The number of hydrogen-bond acceptors (Lipinski definition) is 5. The number of nitrogen functional groups attached to an aromatic ring is 1. The third kappa shape index (κ3) is 3.65. The van der Waals surface area contributed by atoms with E-state index in [-0.39, 0.29) is 10.9 Å². The number of anilines is 1. The highest BCUT2D eigenvalue weighted by atomic mass is 32.2. The van der Waals surface area contributed by atoms with Gasteiger partial charge in [0.1, 0.15) is 10.7 Å². The zero-order valence-electron chi connectivity index (χ0n) is 11.0. The highest BCUT2D eigenvalue weighted by Gasteiger charge is 2.24. The average molecular weight is 284 g/mol. The molecule has 6 nitrogen and oxygen atoms in total. The van der Waals surface area contributed by atoms with Crippen LogP contribution in [0.3, 0.4) is 0 Å². The highest BCUT2D eigenvalue weighted by molar-refractivity contribution is 7.89. The summed E-state index contributed by atoms with van der Waals surface area (Å²) in [6.45, 7) is 2.16. The first-order valence-corrected chi connectivity index (χ1v) is 7.94. The molecular weight excluding hydrogens is 264 g/mol. The minimum Gasteiger partial charge on any atom is -0.308 e. The number of nitrogens with one attached hydrogen (secondary N) is 2. The molecule has 2 unspecified atom stereocenters. The second kappa shape index (κ2) is 5.85. The molecule has 1 aliphatic carbocycles. The van der Waals surface area contributed by atoms with Crippen molar-refractivity contribution in [3.05, 3.63) is 18.3 Å². The molecule has 19 heavy (non-hydrogen) atoms. The number of rotatable bonds is 4. The Kier molecular flexibility index (Phi) is 4.38. The van der Waals surface area contributed by atoms with Crippen LogP contribution < -0.4 is 16.0 Å². The van der Waals surface area contributed by atoms with Crippen LogP contribution in [0.2, 0.25) is 0 Å². The number of hydrazine groups is 1. The smallest absolute Gasteiger partial charge is 0.242 e. The summed E-state index contributed by atoms with van der Waals surface area (Å²) in [5.41, 5.74) is 2.37. The summed E-state index contributed by atoms with van der Waals surface area (Å²) < 4.78 is 27.2. The van der Waals surface area contributed by atoms with Gasteiger partial charge in [-0.1, -0.05) is 19.8 Å². The summed E-state index contributed by atoms with van der Waals surface area (Å²) in [5.74, 6) is 6.20. The molecular formula is C12H20N4O2S. The van der Waals surface area contributed by atoms with E-state index in [2.05, 4.69) is 22.1 Å². The summed E-state index contributed by atoms with van der Waals surface area (Å²) in [5, 5.41) is 0. The predicted molar refractivity (Wildman–Crippen MR) is 73.8 cm³/mol. The third-order valence-electron chi connectivity index (χ3n) is 3.45. The van der Waals surface area contributed by atoms with E-state index in [9.17, 15) is 8.42 Å². The third-order valence-corrected chi connectivity index (χ3v) is 4.96. The molecule has 1 aromatic rings. The maximum Gasteiger partial charge on any atom is 0.242 e. The summed E-state index contributed by atoms with van der Waals surface area (Å²) in [7, 11) is -3.49. The molecule has 106 valence electrons. The van der Waals surface area contributed by atoms with E-state index in [4.69, 9.17) is 5.84 Å². The van der Waals surface area contributed by atoms with Crippen molar-refractivity contribution in [1.29, 1.82) is 0 Å². The first kappa shape index (κ1) is 14.2. The Bertz CT molecular complexity index is 515. The van der Waals surface area contributed by atoms with Crippen molar-refractivity contribution in [2.45, 2.75) is 43.5 Å². The highest BCUT2D eigenvalue weighted by Crippen LogP contribution is 2.24. The van der Waals surface area contributed by atoms with Gasteiger partial charge >= 0.3 is 0 Å². The number of pyridine rings is 1. The van der Waals surface area contributed by atoms with E-state index in [1.54, 1.807) is 0 Å². The van der Waals surface area contributed by atoms with Crippen molar-refractivity contribution in [2.75, 3.05) is 5.43 Å². The lowest BCUT2D eigenvalue weighted by Crippen LogP contribution is -2.37. The summed E-state index contributed by atoms with van der Waals surface area (Å²) in [4.78, 5) is 4.09. The van der Waals surface area contributed by atoms with Crippen LogP contribution in [0.4, 0.5) is 5.82 Å². The average Bonchev–Trinajstić information content (AvgIpc) is 2.38. The fourth-order valence-corrected chi connectivity index (χ4v) is 3.68. The maximum absolute atomic E-state index is 12.2. The lowest BCUT2D eigenvalue weighted by Gasteiger charge is -2.27. The van der Waals surface area contributed by atoms with Crippen LogP contribution in [0.1, 0.15) is 32.6 Å². The molecule has 0 saturated heterocycles. The molecule has 0 amide bonds. The van der Waals surface area contributed by atoms with Gasteiger partial charge in [0.2, 0.25) is 10.0 Å². The predicted octanol–water partition coefficient (Wildman–Crippen LogP) is 1.22. The molecule has 2 atom stereocenters. The summed E-state index contributed by atoms with van der Waals surface area (Å²) in [6, 6.07) is 3.07. The van der Waals surface area contributed by atoms with Crippen molar-refractivity contribution >= 4 is 15.8 Å². The molecule has 1 aliphatic rings. The molecule has 0 radical (unpaired) electrons. The Hall–Kier alpha value is -1.18. The molecule has 1 heterocycles. The van der Waals surface area contributed by atoms with Gasteiger partial charge in [0.05, 0.1) is 0 Å². The molecule has 0 bridgehead atoms. The van der Waals surface area contributed by atoms with Crippen LogP contribution in [0.25, 0.3) is 0 Å². The molecule has 1 saturated carbocycles. The Morgan fingerprint density at radius 3 is 2.74 bits per heavy atom. The molecule has 4 N–H and O–H groups in total. The van der Waals surface area contributed by atoms with Gasteiger partial charge in [0.25, 0.3) is 0 Å². The lowest BCUT2D eigenvalue weighted by molar-refractivity contribution is 0.327. The fourth-order valence-electron chi connectivity index (χ4n) is 2.45. The maximum atomic E-state index is 12.2. The lowest BCUT2D eigenvalue weighted by atomic mass is 9.88. The van der Waals surface area contributed by atoms with Crippen LogP contribution >= 0.6 is 0 Å². The second-order valence-electron chi connectivity index (χ2n) is 5.11. The number of nitrogens with zero attached hydrogens (tertiary/aromatic N) is 1. The largest absolute Gasteiger partial charge is 0.308 e. The molecule has 0 aliphatic heterocycles. The van der Waals surface area contributed by atoms with Crippen LogP contribution in [-0.4, -0.2) is 19.4 Å². The first-order valence-electron chi connectivity index (χ1n) is 6.46. The van der Waals surface area contributed by atoms with Gasteiger partial charge in [-0.25, -0.2) is 24.0 Å². The van der Waals surface area contributed by atoms with Gasteiger partial charge < -0.3 is 5.43 Å². The first-order chi connectivity index (χ1) is 9.01. The van der Waals surface area contributed by atoms with Crippen LogP contribution in [-0.2, 0) is 10.0 Å². The van der Waals surface area contributed by atoms with Crippen LogP contribution in [0.5, 0.6) is 0 Å². The van der Waals surface area contributed by atoms with E-state index in [1.807, 2.05) is 0 Å². The van der Waals surface area contributed by atoms with Crippen molar-refractivity contribution in [1.82, 2.24) is 9.71 Å². The van der Waals surface area contributed by atoms with E-state index < -0.39 is 10.0 Å². The minimum absolute atomic E-state index is 0.0288. The van der Waals surface area contributed by atoms with E-state index in [0.29, 0.717) is 11.7 Å². The van der Waals surface area contributed by atoms with Gasteiger partial charge in [0, 0.05) is 12.2 Å². The Morgan fingerprint density at radius 2 is 2.16 bits per heavy atom. The zero-order chi connectivity index (χ0) is 13.9. The fraction of sp³-hybridized carbons (Fsp3) is 0.583. The summed E-state index contributed by atoms with van der Waals surface area (Å²) >= 11 is 0. The van der Waals surface area contributed by atoms with Crippen molar-refractivity contribution in [3.8, 4) is 0 Å². The van der Waals surface area contributed by atoms with Crippen LogP contribution in [0, 0.1) is 5.92 Å². The topological polar surface area (TPSA) is 97.1 Å². The Balaban J connectivity index is 2.08. The quantitative estimate of drug-likeness (QED) is 0.570. The standard InChI is InChI=1S/C12H20N4O2S/c1-9-3-2-4-10(7-9)16-19(17,18)11-5-6-12(15-13)14-8-11/h5-6,8-10,16H,2-4,7,13H2,1H3,(H,14,15). The summed E-state index contributed by atoms with van der Waals surface area (Å²) in [6.07, 6.45) is 5.36. The number of aromatic nitrogens is 1. The monoisotopic (exact) mass is 284 g/mol. The van der Waals surface area contributed by atoms with E-state index >= 15 is 0 Å². The number of hydrogen-bond donors (Lipinski definition) is 3. The van der Waals surface area contributed by atoms with Gasteiger partial charge in [0.15, 0.2) is 0 Å². The molecule has 1 fully saturated rings. The Morgan fingerprint density at radius 1 is 1.37 bits per heavy atom. The SMILES string of the molecule is CC1CCCC(NS(=O)(=O)c2ccc(NN)nc2)C1. The van der Waals surface area contributed by atoms with Crippen molar-refractivity contribution < 1.29 is 8.42 Å². The molecule has 1 aromatic heterocycles. The molecule has 0 aromatic carbocycles. The number of nitrogens with two attached hydrogens (primary N) is 1. The van der Waals surface area contributed by atoms with Crippen molar-refractivity contribution in [2.24, 2.45) is 11.8 Å². The van der Waals surface area contributed by atoms with E-state index in [0.717, 1.165) is 19.3 Å². The van der Waals surface area contributed by atoms with Gasteiger partial charge in [-0.2, -0.15) is 0 Å². The molecule has 2 rings (SSSR count). The number of sulfonamides is 1. The van der Waals surface area contributed by atoms with Gasteiger partial charge in [-0.3, -0.25) is 0 Å². The van der Waals surface area contributed by atoms with Gasteiger partial charge in [-0.15, -0.1) is 0 Å². The van der Waals surface area contributed by atoms with Crippen molar-refractivity contribution in [3.63, 3.8) is 0 Å². The molecule has 0 spiro atoms. The van der Waals surface area contributed by atoms with Crippen LogP contribution in [0.15, 0.2) is 23.2 Å². The normalized spacial score (nSPS) is 24.1. The minimum atomic E-state index is -3.49. The van der Waals surface area contributed by atoms with E-state index in [1.165, 1.54) is 24.8 Å². The molecule has 7 heteroatoms. The van der Waals surface area contributed by atoms with Gasteiger partial charge in [-0.05, 0) is 30.9 Å².